The number of nitrogens with one attached hydrogen (secondary N) is 1. The van der Waals surface area contributed by atoms with Crippen LogP contribution in [0.4, 0.5) is 0 Å². The molecule has 0 amide bonds. The molecule has 0 fully saturated rings. The first-order valence-corrected chi connectivity index (χ1v) is 7.86. The fraction of sp³-hybridized carbons (Fsp3) is 0.368. The minimum atomic E-state index is -0.488. The molecule has 0 saturated heterocycles. The molecule has 0 saturated carbocycles. The standard InChI is InChI=1S/C19H25NO2/c1-16-9-11-19(12-10-16)22-15-18(21)14-20-13-5-8-17-6-3-2-4-7-17/h2-4,6-7,9-12,18,20-21H,5,8,13-15H2,1H3. The fourth-order valence-corrected chi connectivity index (χ4v) is 2.22. The molecule has 0 radical (unpaired) electrons. The molecule has 22 heavy (non-hydrogen) atoms. The zero-order chi connectivity index (χ0) is 15.6. The second-order valence-electron chi connectivity index (χ2n) is 5.57. The monoisotopic (exact) mass is 299 g/mol. The maximum atomic E-state index is 9.89. The van der Waals surface area contributed by atoms with E-state index in [0.717, 1.165) is 25.1 Å². The predicted octanol–water partition coefficient (Wildman–Crippen LogP) is 2.96. The van der Waals surface area contributed by atoms with Crippen LogP contribution in [0.3, 0.4) is 0 Å². The molecule has 1 atom stereocenters. The van der Waals surface area contributed by atoms with Gasteiger partial charge in [0.1, 0.15) is 18.5 Å². The van der Waals surface area contributed by atoms with Crippen molar-refractivity contribution >= 4 is 0 Å². The number of ether oxygens (including phenoxy) is 1. The van der Waals surface area contributed by atoms with Gasteiger partial charge < -0.3 is 15.2 Å². The van der Waals surface area contributed by atoms with Gasteiger partial charge in [-0.3, -0.25) is 0 Å². The zero-order valence-electron chi connectivity index (χ0n) is 13.2. The molecular formula is C19H25NO2. The lowest BCUT2D eigenvalue weighted by Crippen LogP contribution is -2.32. The Morgan fingerprint density at radius 1 is 1.05 bits per heavy atom. The highest BCUT2D eigenvalue weighted by Gasteiger charge is 2.04. The topological polar surface area (TPSA) is 41.5 Å². The summed E-state index contributed by atoms with van der Waals surface area (Å²) in [6.07, 6.45) is 1.64. The lowest BCUT2D eigenvalue weighted by Gasteiger charge is -2.13. The Balaban J connectivity index is 1.54. The maximum absolute atomic E-state index is 9.89. The third-order valence-electron chi connectivity index (χ3n) is 3.51. The first-order valence-electron chi connectivity index (χ1n) is 7.86. The molecule has 0 aromatic heterocycles. The van der Waals surface area contributed by atoms with Crippen molar-refractivity contribution in [2.24, 2.45) is 0 Å². The van der Waals surface area contributed by atoms with Crippen LogP contribution in [0, 0.1) is 6.92 Å². The number of aliphatic hydroxyl groups excluding tert-OH is 1. The van der Waals surface area contributed by atoms with Crippen LogP contribution in [0.25, 0.3) is 0 Å². The summed E-state index contributed by atoms with van der Waals surface area (Å²) in [5, 5.41) is 13.2. The van der Waals surface area contributed by atoms with E-state index in [0.29, 0.717) is 13.2 Å². The largest absolute Gasteiger partial charge is 0.491 e. The highest BCUT2D eigenvalue weighted by Crippen LogP contribution is 2.11. The summed E-state index contributed by atoms with van der Waals surface area (Å²) in [6.45, 7) is 3.81. The second kappa shape index (κ2) is 9.23. The molecule has 0 spiro atoms. The van der Waals surface area contributed by atoms with E-state index in [9.17, 15) is 5.11 Å². The van der Waals surface area contributed by atoms with Crippen molar-refractivity contribution in [3.05, 3.63) is 65.7 Å². The molecule has 2 aromatic rings. The van der Waals surface area contributed by atoms with Gasteiger partial charge in [-0.15, -0.1) is 0 Å². The molecule has 0 aliphatic heterocycles. The van der Waals surface area contributed by atoms with Crippen LogP contribution in [0.15, 0.2) is 54.6 Å². The van der Waals surface area contributed by atoms with Crippen LogP contribution >= 0.6 is 0 Å². The average Bonchev–Trinajstić information content (AvgIpc) is 2.55. The minimum absolute atomic E-state index is 0.314. The third-order valence-corrected chi connectivity index (χ3v) is 3.51. The summed E-state index contributed by atoms with van der Waals surface area (Å²) in [4.78, 5) is 0. The number of rotatable bonds is 9. The molecule has 2 rings (SSSR count). The van der Waals surface area contributed by atoms with Crippen molar-refractivity contribution in [2.45, 2.75) is 25.9 Å². The van der Waals surface area contributed by atoms with Crippen LogP contribution in [-0.4, -0.2) is 30.9 Å². The van der Waals surface area contributed by atoms with Crippen molar-refractivity contribution in [3.63, 3.8) is 0 Å². The molecule has 1 unspecified atom stereocenters. The lowest BCUT2D eigenvalue weighted by molar-refractivity contribution is 0.106. The van der Waals surface area contributed by atoms with E-state index in [4.69, 9.17) is 4.74 Å². The van der Waals surface area contributed by atoms with E-state index in [-0.39, 0.29) is 0 Å². The van der Waals surface area contributed by atoms with E-state index in [1.165, 1.54) is 11.1 Å². The van der Waals surface area contributed by atoms with Gasteiger partial charge in [0.25, 0.3) is 0 Å². The normalized spacial score (nSPS) is 12.1. The maximum Gasteiger partial charge on any atom is 0.119 e. The third kappa shape index (κ3) is 6.29. The molecule has 3 nitrogen and oxygen atoms in total. The molecule has 0 aliphatic rings. The first-order chi connectivity index (χ1) is 10.7. The van der Waals surface area contributed by atoms with Crippen molar-refractivity contribution in [3.8, 4) is 5.75 Å². The molecule has 0 heterocycles. The quantitative estimate of drug-likeness (QED) is 0.700. The van der Waals surface area contributed by atoms with E-state index in [1.54, 1.807) is 0 Å². The Hall–Kier alpha value is -1.84. The Morgan fingerprint density at radius 2 is 1.77 bits per heavy atom. The number of benzene rings is 2. The highest BCUT2D eigenvalue weighted by molar-refractivity contribution is 5.26. The zero-order valence-corrected chi connectivity index (χ0v) is 13.2. The SMILES string of the molecule is Cc1ccc(OCC(O)CNCCCc2ccccc2)cc1. The van der Waals surface area contributed by atoms with Crippen molar-refractivity contribution in [2.75, 3.05) is 19.7 Å². The van der Waals surface area contributed by atoms with Crippen LogP contribution < -0.4 is 10.1 Å². The summed E-state index contributed by atoms with van der Waals surface area (Å²) < 4.78 is 5.56. The van der Waals surface area contributed by atoms with Crippen molar-refractivity contribution in [1.82, 2.24) is 5.32 Å². The van der Waals surface area contributed by atoms with Crippen LogP contribution in [0.2, 0.25) is 0 Å². The minimum Gasteiger partial charge on any atom is -0.491 e. The Bertz CT molecular complexity index is 525. The first kappa shape index (κ1) is 16.5. The van der Waals surface area contributed by atoms with Crippen molar-refractivity contribution in [1.29, 1.82) is 0 Å². The molecule has 3 heteroatoms. The van der Waals surface area contributed by atoms with Crippen LogP contribution in [-0.2, 0) is 6.42 Å². The summed E-state index contributed by atoms with van der Waals surface area (Å²) in [5.74, 6) is 0.800. The molecule has 2 aromatic carbocycles. The molecule has 0 bridgehead atoms. The van der Waals surface area contributed by atoms with E-state index in [2.05, 4.69) is 29.6 Å². The lowest BCUT2D eigenvalue weighted by atomic mass is 10.1. The van der Waals surface area contributed by atoms with E-state index >= 15 is 0 Å². The summed E-state index contributed by atoms with van der Waals surface area (Å²) in [5.41, 5.74) is 2.56. The van der Waals surface area contributed by atoms with Gasteiger partial charge in [-0.2, -0.15) is 0 Å². The highest BCUT2D eigenvalue weighted by atomic mass is 16.5. The Labute approximate surface area is 133 Å². The Kier molecular flexibility index (Phi) is 6.94. The van der Waals surface area contributed by atoms with Gasteiger partial charge in [0.15, 0.2) is 0 Å². The number of aliphatic hydroxyl groups is 1. The van der Waals surface area contributed by atoms with Crippen LogP contribution in [0.1, 0.15) is 17.5 Å². The van der Waals surface area contributed by atoms with E-state index in [1.807, 2.05) is 37.3 Å². The smallest absolute Gasteiger partial charge is 0.119 e. The van der Waals surface area contributed by atoms with Crippen LogP contribution in [0.5, 0.6) is 5.75 Å². The molecular weight excluding hydrogens is 274 g/mol. The van der Waals surface area contributed by atoms with E-state index < -0.39 is 6.10 Å². The summed E-state index contributed by atoms with van der Waals surface area (Å²) in [6, 6.07) is 18.3. The molecule has 118 valence electrons. The average molecular weight is 299 g/mol. The van der Waals surface area contributed by atoms with Gasteiger partial charge in [-0.25, -0.2) is 0 Å². The summed E-state index contributed by atoms with van der Waals surface area (Å²) in [7, 11) is 0. The van der Waals surface area contributed by atoms with Gasteiger partial charge in [0.2, 0.25) is 0 Å². The fourth-order valence-electron chi connectivity index (χ4n) is 2.22. The number of hydrogen-bond donors (Lipinski definition) is 2. The molecule has 2 N–H and O–H groups in total. The number of aryl methyl sites for hydroxylation is 2. The van der Waals surface area contributed by atoms with Crippen molar-refractivity contribution < 1.29 is 9.84 Å². The van der Waals surface area contributed by atoms with Gasteiger partial charge >= 0.3 is 0 Å². The van der Waals surface area contributed by atoms with Gasteiger partial charge in [-0.1, -0.05) is 48.0 Å². The van der Waals surface area contributed by atoms with Gasteiger partial charge in [0, 0.05) is 6.54 Å². The molecule has 0 aliphatic carbocycles. The summed E-state index contributed by atoms with van der Waals surface area (Å²) >= 11 is 0. The van der Waals surface area contributed by atoms with Gasteiger partial charge in [-0.05, 0) is 44.0 Å². The Morgan fingerprint density at radius 3 is 2.50 bits per heavy atom. The predicted molar refractivity (Wildman–Crippen MR) is 90.3 cm³/mol. The second-order valence-corrected chi connectivity index (χ2v) is 5.57. The number of hydrogen-bond acceptors (Lipinski definition) is 3. The van der Waals surface area contributed by atoms with Gasteiger partial charge in [0.05, 0.1) is 0 Å².